The quantitative estimate of drug-likeness (QED) is 0.804. The molecule has 1 N–H and O–H groups in total. The highest BCUT2D eigenvalue weighted by atomic mass is 32.2. The molecule has 1 unspecified atom stereocenters. The lowest BCUT2D eigenvalue weighted by Crippen LogP contribution is -2.43. The Morgan fingerprint density at radius 3 is 2.72 bits per heavy atom. The standard InChI is InChI=1S/C21H29N3O4S/c1-20(2,3)14-29(26,27)24-8-5-21(6-9-24)11-16(21)12-23-19(25)17-10-15-4-7-22-13-18(15)28-17/h4,7,10,13,16H,5-6,8-9,11-12,14H2,1-3H3,(H,23,25). The van der Waals surface area contributed by atoms with Crippen molar-refractivity contribution in [3.05, 3.63) is 30.3 Å². The molecular weight excluding hydrogens is 390 g/mol. The molecule has 8 heteroatoms. The number of aromatic nitrogens is 1. The molecular formula is C21H29N3O4S. The van der Waals surface area contributed by atoms with Crippen molar-refractivity contribution in [2.24, 2.45) is 16.7 Å². The minimum Gasteiger partial charge on any atom is -0.449 e. The molecule has 1 amide bonds. The number of nitrogens with one attached hydrogen (secondary N) is 1. The summed E-state index contributed by atoms with van der Waals surface area (Å²) in [6.07, 6.45) is 6.05. The van der Waals surface area contributed by atoms with E-state index in [0.29, 0.717) is 36.9 Å². The van der Waals surface area contributed by atoms with Gasteiger partial charge in [-0.15, -0.1) is 0 Å². The highest BCUT2D eigenvalue weighted by Gasteiger charge is 2.55. The molecule has 2 aromatic heterocycles. The van der Waals surface area contributed by atoms with Crippen molar-refractivity contribution in [2.45, 2.75) is 40.0 Å². The Labute approximate surface area is 171 Å². The van der Waals surface area contributed by atoms with Crippen LogP contribution in [0.1, 0.15) is 50.6 Å². The van der Waals surface area contributed by atoms with Crippen LogP contribution in [0.5, 0.6) is 0 Å². The molecule has 2 fully saturated rings. The third kappa shape index (κ3) is 4.33. The van der Waals surface area contributed by atoms with Crippen LogP contribution in [0.25, 0.3) is 11.0 Å². The number of nitrogens with zero attached hydrogens (tertiary/aromatic N) is 2. The van der Waals surface area contributed by atoms with E-state index in [2.05, 4.69) is 10.3 Å². The first-order valence-electron chi connectivity index (χ1n) is 10.2. The van der Waals surface area contributed by atoms with Gasteiger partial charge in [-0.2, -0.15) is 0 Å². The number of hydrogen-bond acceptors (Lipinski definition) is 5. The minimum absolute atomic E-state index is 0.179. The monoisotopic (exact) mass is 419 g/mol. The largest absolute Gasteiger partial charge is 0.449 e. The van der Waals surface area contributed by atoms with Gasteiger partial charge in [0.05, 0.1) is 11.9 Å². The zero-order chi connectivity index (χ0) is 20.9. The Balaban J connectivity index is 1.29. The number of furan rings is 1. The molecule has 1 spiro atoms. The predicted molar refractivity (Wildman–Crippen MR) is 111 cm³/mol. The van der Waals surface area contributed by atoms with Crippen molar-refractivity contribution in [3.63, 3.8) is 0 Å². The Bertz CT molecular complexity index is 981. The lowest BCUT2D eigenvalue weighted by molar-refractivity contribution is 0.0923. The molecule has 0 aromatic carbocycles. The SMILES string of the molecule is CC(C)(C)CS(=O)(=O)N1CCC2(CC1)CC2CNC(=O)c1cc2ccncc2o1. The molecule has 7 nitrogen and oxygen atoms in total. The van der Waals surface area contributed by atoms with Crippen LogP contribution >= 0.6 is 0 Å². The molecule has 1 saturated heterocycles. The van der Waals surface area contributed by atoms with Crippen LogP contribution < -0.4 is 5.32 Å². The van der Waals surface area contributed by atoms with Crippen LogP contribution in [-0.2, 0) is 10.0 Å². The Kier molecular flexibility index (Phi) is 4.98. The average Bonchev–Trinajstić information content (AvgIpc) is 3.11. The normalized spacial score (nSPS) is 22.1. The summed E-state index contributed by atoms with van der Waals surface area (Å²) in [7, 11) is -3.21. The first kappa shape index (κ1) is 20.3. The zero-order valence-electron chi connectivity index (χ0n) is 17.3. The van der Waals surface area contributed by atoms with Crippen molar-refractivity contribution >= 4 is 26.9 Å². The first-order valence-corrected chi connectivity index (χ1v) is 11.8. The summed E-state index contributed by atoms with van der Waals surface area (Å²) in [5, 5.41) is 3.84. The zero-order valence-corrected chi connectivity index (χ0v) is 18.1. The second-order valence-electron chi connectivity index (χ2n) is 9.71. The molecule has 1 aliphatic carbocycles. The maximum absolute atomic E-state index is 12.6. The molecule has 29 heavy (non-hydrogen) atoms. The first-order chi connectivity index (χ1) is 13.6. The molecule has 158 valence electrons. The maximum atomic E-state index is 12.6. The van der Waals surface area contributed by atoms with Crippen molar-refractivity contribution in [3.8, 4) is 0 Å². The van der Waals surface area contributed by atoms with Gasteiger partial charge in [0, 0.05) is 31.2 Å². The van der Waals surface area contributed by atoms with Crippen LogP contribution in [0.15, 0.2) is 28.9 Å². The fraction of sp³-hybridized carbons (Fsp3) is 0.619. The van der Waals surface area contributed by atoms with E-state index < -0.39 is 10.0 Å². The van der Waals surface area contributed by atoms with E-state index in [9.17, 15) is 13.2 Å². The lowest BCUT2D eigenvalue weighted by atomic mass is 9.92. The van der Waals surface area contributed by atoms with E-state index >= 15 is 0 Å². The maximum Gasteiger partial charge on any atom is 0.287 e. The molecule has 3 heterocycles. The van der Waals surface area contributed by atoms with E-state index in [1.165, 1.54) is 0 Å². The van der Waals surface area contributed by atoms with Gasteiger partial charge in [-0.3, -0.25) is 9.78 Å². The van der Waals surface area contributed by atoms with Gasteiger partial charge < -0.3 is 9.73 Å². The molecule has 1 saturated carbocycles. The van der Waals surface area contributed by atoms with Gasteiger partial charge in [0.2, 0.25) is 10.0 Å². The highest BCUT2D eigenvalue weighted by Crippen LogP contribution is 2.59. The lowest BCUT2D eigenvalue weighted by Gasteiger charge is -2.34. The summed E-state index contributed by atoms with van der Waals surface area (Å²) in [4.78, 5) is 16.4. The number of fused-ring (bicyclic) bond motifs is 1. The van der Waals surface area contributed by atoms with Crippen LogP contribution in [0.2, 0.25) is 0 Å². The number of hydrogen-bond donors (Lipinski definition) is 1. The van der Waals surface area contributed by atoms with Gasteiger partial charge in [-0.05, 0) is 48.1 Å². The van der Waals surface area contributed by atoms with E-state index in [1.54, 1.807) is 22.8 Å². The molecule has 4 rings (SSSR count). The van der Waals surface area contributed by atoms with Crippen molar-refractivity contribution in [2.75, 3.05) is 25.4 Å². The van der Waals surface area contributed by atoms with Crippen LogP contribution in [-0.4, -0.2) is 49.0 Å². The molecule has 0 bridgehead atoms. The summed E-state index contributed by atoms with van der Waals surface area (Å²) in [5.74, 6) is 0.670. The number of amides is 1. The number of carbonyl (C=O) groups is 1. The molecule has 0 radical (unpaired) electrons. The third-order valence-corrected chi connectivity index (χ3v) is 8.52. The number of rotatable bonds is 5. The Morgan fingerprint density at radius 1 is 1.34 bits per heavy atom. The molecule has 2 aliphatic rings. The van der Waals surface area contributed by atoms with E-state index in [4.69, 9.17) is 4.42 Å². The fourth-order valence-corrected chi connectivity index (χ4v) is 6.50. The number of sulfonamides is 1. The number of piperidine rings is 1. The van der Waals surface area contributed by atoms with Gasteiger partial charge >= 0.3 is 0 Å². The summed E-state index contributed by atoms with van der Waals surface area (Å²) in [6, 6.07) is 3.54. The minimum atomic E-state index is -3.21. The highest BCUT2D eigenvalue weighted by molar-refractivity contribution is 7.89. The van der Waals surface area contributed by atoms with Gasteiger partial charge in [-0.25, -0.2) is 12.7 Å². The van der Waals surface area contributed by atoms with Crippen molar-refractivity contribution in [1.29, 1.82) is 0 Å². The smallest absolute Gasteiger partial charge is 0.287 e. The molecule has 2 aromatic rings. The second kappa shape index (κ2) is 7.09. The average molecular weight is 420 g/mol. The van der Waals surface area contributed by atoms with Crippen molar-refractivity contribution < 1.29 is 17.6 Å². The summed E-state index contributed by atoms with van der Waals surface area (Å²) in [5.41, 5.74) is 0.538. The van der Waals surface area contributed by atoms with E-state index in [-0.39, 0.29) is 22.5 Å². The van der Waals surface area contributed by atoms with E-state index in [0.717, 1.165) is 24.6 Å². The Hall–Kier alpha value is -1.93. The number of carbonyl (C=O) groups excluding carboxylic acids is 1. The number of pyridine rings is 1. The van der Waals surface area contributed by atoms with Gasteiger partial charge in [0.1, 0.15) is 0 Å². The van der Waals surface area contributed by atoms with Crippen LogP contribution in [0, 0.1) is 16.7 Å². The second-order valence-corrected chi connectivity index (χ2v) is 11.7. The third-order valence-electron chi connectivity index (χ3n) is 6.14. The summed E-state index contributed by atoms with van der Waals surface area (Å²) in [6.45, 7) is 7.62. The Morgan fingerprint density at radius 2 is 2.07 bits per heavy atom. The summed E-state index contributed by atoms with van der Waals surface area (Å²) < 4.78 is 32.4. The van der Waals surface area contributed by atoms with Gasteiger partial charge in [0.25, 0.3) is 5.91 Å². The van der Waals surface area contributed by atoms with Gasteiger partial charge in [-0.1, -0.05) is 20.8 Å². The summed E-state index contributed by atoms with van der Waals surface area (Å²) >= 11 is 0. The predicted octanol–water partition coefficient (Wildman–Crippen LogP) is 3.04. The van der Waals surface area contributed by atoms with Gasteiger partial charge in [0.15, 0.2) is 11.3 Å². The van der Waals surface area contributed by atoms with Crippen LogP contribution in [0.3, 0.4) is 0 Å². The molecule has 1 atom stereocenters. The van der Waals surface area contributed by atoms with Crippen LogP contribution in [0.4, 0.5) is 0 Å². The fourth-order valence-electron chi connectivity index (χ4n) is 4.48. The molecule has 1 aliphatic heterocycles. The topological polar surface area (TPSA) is 92.5 Å². The van der Waals surface area contributed by atoms with E-state index in [1.807, 2.05) is 26.8 Å². The van der Waals surface area contributed by atoms with Crippen molar-refractivity contribution in [1.82, 2.24) is 14.6 Å².